The average molecular weight is 353 g/mol. The van der Waals surface area contributed by atoms with Crippen molar-refractivity contribution in [3.8, 4) is 16.3 Å². The molecule has 1 atom stereocenters. The van der Waals surface area contributed by atoms with Gasteiger partial charge in [-0.05, 0) is 44.5 Å². The van der Waals surface area contributed by atoms with Crippen molar-refractivity contribution < 1.29 is 4.74 Å². The Hall–Kier alpha value is -0.910. The second-order valence-electron chi connectivity index (χ2n) is 4.91. The van der Waals surface area contributed by atoms with E-state index in [1.807, 2.05) is 25.2 Å². The van der Waals surface area contributed by atoms with Gasteiger partial charge >= 0.3 is 0 Å². The van der Waals surface area contributed by atoms with E-state index in [0.717, 1.165) is 27.2 Å². The molecule has 0 spiro atoms. The topological polar surface area (TPSA) is 34.2 Å². The zero-order chi connectivity index (χ0) is 14.1. The summed E-state index contributed by atoms with van der Waals surface area (Å²) in [7, 11) is 3.72. The van der Waals surface area contributed by atoms with Crippen molar-refractivity contribution in [1.82, 2.24) is 10.3 Å². The molecule has 5 heteroatoms. The minimum atomic E-state index is 0.453. The molecule has 1 aromatic heterocycles. The second kappa shape index (κ2) is 5.84. The number of hydrogen-bond donors (Lipinski definition) is 1. The maximum absolute atomic E-state index is 5.32. The van der Waals surface area contributed by atoms with Crippen LogP contribution in [0.2, 0.25) is 0 Å². The summed E-state index contributed by atoms with van der Waals surface area (Å²) in [6.45, 7) is 0. The predicted molar refractivity (Wildman–Crippen MR) is 86.5 cm³/mol. The number of hydrogen-bond acceptors (Lipinski definition) is 4. The molecule has 0 saturated heterocycles. The number of nitrogens with zero attached hydrogens (tertiary/aromatic N) is 1. The molecule has 3 nitrogen and oxygen atoms in total. The molecule has 0 amide bonds. The number of thiazole rings is 1. The summed E-state index contributed by atoms with van der Waals surface area (Å²) in [4.78, 5) is 6.24. The molecule has 1 aromatic carbocycles. The molecule has 106 valence electrons. The Kier molecular flexibility index (Phi) is 4.10. The van der Waals surface area contributed by atoms with Gasteiger partial charge in [-0.1, -0.05) is 15.9 Å². The monoisotopic (exact) mass is 352 g/mol. The molecule has 0 bridgehead atoms. The van der Waals surface area contributed by atoms with Gasteiger partial charge in [-0.15, -0.1) is 11.3 Å². The zero-order valence-corrected chi connectivity index (χ0v) is 14.0. The van der Waals surface area contributed by atoms with Crippen molar-refractivity contribution in [3.05, 3.63) is 33.2 Å². The number of ether oxygens (including phenoxy) is 1. The summed E-state index contributed by atoms with van der Waals surface area (Å²) in [6, 6.07) is 6.47. The Labute approximate surface area is 131 Å². The Bertz CT molecular complexity index is 626. The predicted octanol–water partition coefficient (Wildman–Crippen LogP) is 4.18. The third-order valence-corrected chi connectivity index (χ3v) is 5.64. The molecule has 2 aromatic rings. The van der Waals surface area contributed by atoms with Crippen molar-refractivity contribution >= 4 is 27.3 Å². The number of rotatable bonds is 3. The summed E-state index contributed by atoms with van der Waals surface area (Å²) in [5, 5.41) is 4.47. The third kappa shape index (κ3) is 2.50. The van der Waals surface area contributed by atoms with Crippen LogP contribution >= 0.6 is 27.3 Å². The second-order valence-corrected chi connectivity index (χ2v) is 6.79. The van der Waals surface area contributed by atoms with Crippen molar-refractivity contribution in [2.24, 2.45) is 0 Å². The van der Waals surface area contributed by atoms with Crippen LogP contribution in [0.15, 0.2) is 22.7 Å². The quantitative estimate of drug-likeness (QED) is 0.899. The Morgan fingerprint density at radius 3 is 3.05 bits per heavy atom. The molecule has 0 radical (unpaired) electrons. The molecule has 1 heterocycles. The highest BCUT2D eigenvalue weighted by molar-refractivity contribution is 9.10. The van der Waals surface area contributed by atoms with E-state index >= 15 is 0 Å². The largest absolute Gasteiger partial charge is 0.497 e. The molecular formula is C15H17BrN2OS. The van der Waals surface area contributed by atoms with Crippen LogP contribution < -0.4 is 10.1 Å². The number of fused-ring (bicyclic) bond motifs is 1. The molecule has 1 aliphatic rings. The van der Waals surface area contributed by atoms with Crippen LogP contribution in [0, 0.1) is 0 Å². The highest BCUT2D eigenvalue weighted by Crippen LogP contribution is 2.40. The Morgan fingerprint density at radius 2 is 2.30 bits per heavy atom. The van der Waals surface area contributed by atoms with E-state index in [0.29, 0.717) is 6.04 Å². The van der Waals surface area contributed by atoms with Crippen LogP contribution in [0.1, 0.15) is 29.5 Å². The first-order valence-electron chi connectivity index (χ1n) is 6.73. The van der Waals surface area contributed by atoms with Crippen molar-refractivity contribution in [2.45, 2.75) is 25.3 Å². The molecule has 20 heavy (non-hydrogen) atoms. The summed E-state index contributed by atoms with van der Waals surface area (Å²) >= 11 is 5.41. The van der Waals surface area contributed by atoms with Gasteiger partial charge in [0.25, 0.3) is 0 Å². The lowest BCUT2D eigenvalue weighted by Crippen LogP contribution is -2.19. The van der Waals surface area contributed by atoms with Crippen LogP contribution in [0.25, 0.3) is 10.6 Å². The lowest BCUT2D eigenvalue weighted by molar-refractivity contribution is 0.415. The number of aromatic nitrogens is 1. The lowest BCUT2D eigenvalue weighted by atomic mass is 9.98. The van der Waals surface area contributed by atoms with Gasteiger partial charge < -0.3 is 10.1 Å². The van der Waals surface area contributed by atoms with Gasteiger partial charge in [-0.3, -0.25) is 0 Å². The normalized spacial score (nSPS) is 17.9. The number of methoxy groups -OCH3 is 1. The van der Waals surface area contributed by atoms with Gasteiger partial charge in [0.2, 0.25) is 0 Å². The lowest BCUT2D eigenvalue weighted by Gasteiger charge is -2.19. The van der Waals surface area contributed by atoms with E-state index in [1.54, 1.807) is 18.4 Å². The highest BCUT2D eigenvalue weighted by Gasteiger charge is 2.24. The molecule has 1 aliphatic carbocycles. The standard InChI is InChI=1S/C15H17BrN2OS/c1-17-12-4-3-5-13-14(12)20-15(18-13)10-8-9(19-2)6-7-11(10)16/h6-8,12,17H,3-5H2,1-2H3. The summed E-state index contributed by atoms with van der Waals surface area (Å²) < 4.78 is 6.38. The first kappa shape index (κ1) is 14.0. The highest BCUT2D eigenvalue weighted by atomic mass is 79.9. The maximum Gasteiger partial charge on any atom is 0.125 e. The zero-order valence-electron chi connectivity index (χ0n) is 11.6. The molecule has 1 unspecified atom stereocenters. The van der Waals surface area contributed by atoms with Crippen molar-refractivity contribution in [1.29, 1.82) is 0 Å². The fourth-order valence-corrected chi connectivity index (χ4v) is 4.46. The summed E-state index contributed by atoms with van der Waals surface area (Å²) in [5.41, 5.74) is 2.36. The minimum Gasteiger partial charge on any atom is -0.497 e. The van der Waals surface area contributed by atoms with E-state index in [4.69, 9.17) is 9.72 Å². The SMILES string of the molecule is CNC1CCCc2nc(-c3cc(OC)ccc3Br)sc21. The average Bonchev–Trinajstić information content (AvgIpc) is 2.91. The first-order valence-corrected chi connectivity index (χ1v) is 8.34. The molecule has 3 rings (SSSR count). The van der Waals surface area contributed by atoms with Crippen LogP contribution in [-0.4, -0.2) is 19.1 Å². The Balaban J connectivity index is 2.05. The van der Waals surface area contributed by atoms with E-state index in [-0.39, 0.29) is 0 Å². The van der Waals surface area contributed by atoms with Gasteiger partial charge in [0, 0.05) is 21.0 Å². The van der Waals surface area contributed by atoms with Crippen LogP contribution in [0.5, 0.6) is 5.75 Å². The third-order valence-electron chi connectivity index (χ3n) is 3.70. The van der Waals surface area contributed by atoms with Crippen LogP contribution in [-0.2, 0) is 6.42 Å². The summed E-state index contributed by atoms with van der Waals surface area (Å²) in [6.07, 6.45) is 3.50. The van der Waals surface area contributed by atoms with Gasteiger partial charge in [0.1, 0.15) is 10.8 Å². The molecule has 1 N–H and O–H groups in total. The molecule has 0 aliphatic heterocycles. The summed E-state index contributed by atoms with van der Waals surface area (Å²) in [5.74, 6) is 0.863. The fraction of sp³-hybridized carbons (Fsp3) is 0.400. The molecule has 0 saturated carbocycles. The number of nitrogens with one attached hydrogen (secondary N) is 1. The van der Waals surface area contributed by atoms with Gasteiger partial charge in [-0.25, -0.2) is 4.98 Å². The van der Waals surface area contributed by atoms with Crippen molar-refractivity contribution in [3.63, 3.8) is 0 Å². The Morgan fingerprint density at radius 1 is 1.45 bits per heavy atom. The number of aryl methyl sites for hydroxylation is 1. The van der Waals surface area contributed by atoms with E-state index in [1.165, 1.54) is 23.4 Å². The van der Waals surface area contributed by atoms with Gasteiger partial charge in [0.15, 0.2) is 0 Å². The molecule has 0 fully saturated rings. The van der Waals surface area contributed by atoms with E-state index < -0.39 is 0 Å². The van der Waals surface area contributed by atoms with Crippen molar-refractivity contribution in [2.75, 3.05) is 14.2 Å². The minimum absolute atomic E-state index is 0.453. The van der Waals surface area contributed by atoms with Crippen LogP contribution in [0.3, 0.4) is 0 Å². The van der Waals surface area contributed by atoms with Gasteiger partial charge in [-0.2, -0.15) is 0 Å². The van der Waals surface area contributed by atoms with Gasteiger partial charge in [0.05, 0.1) is 12.8 Å². The number of benzene rings is 1. The smallest absolute Gasteiger partial charge is 0.125 e. The van der Waals surface area contributed by atoms with E-state index in [9.17, 15) is 0 Å². The fourth-order valence-electron chi connectivity index (χ4n) is 2.61. The van der Waals surface area contributed by atoms with E-state index in [2.05, 4.69) is 21.2 Å². The maximum atomic E-state index is 5.32. The first-order chi connectivity index (χ1) is 9.72. The number of halogens is 1. The van der Waals surface area contributed by atoms with Crippen LogP contribution in [0.4, 0.5) is 0 Å². The molecular weight excluding hydrogens is 336 g/mol.